The van der Waals surface area contributed by atoms with Crippen molar-refractivity contribution in [2.45, 2.75) is 45.3 Å². The van der Waals surface area contributed by atoms with E-state index in [0.29, 0.717) is 11.2 Å². The van der Waals surface area contributed by atoms with Gasteiger partial charge in [-0.3, -0.25) is 14.3 Å². The Morgan fingerprint density at radius 3 is 2.65 bits per heavy atom. The highest BCUT2D eigenvalue weighted by molar-refractivity contribution is 5.81. The second-order valence-electron chi connectivity index (χ2n) is 9.03. The molecule has 0 unspecified atom stereocenters. The van der Waals surface area contributed by atoms with Gasteiger partial charge in [-0.25, -0.2) is 4.98 Å². The largest absolute Gasteiger partial charge is 0.373 e. The standard InChI is InChI=1S/C25H32N4O2/c1-18(26)23-27-21-13-7-9-19(10-8-14-28-15-16-31-25(2,3)17-28)22(21)24(30)29(23)20-11-5-4-6-12-20/h4-7,9,11-13,18H,8,10,14-17,26H2,1-3H3/t18-/m0/s1. The number of nitrogens with zero attached hydrogens (tertiary/aromatic N) is 3. The average molecular weight is 421 g/mol. The average Bonchev–Trinajstić information content (AvgIpc) is 2.73. The topological polar surface area (TPSA) is 73.4 Å². The van der Waals surface area contributed by atoms with E-state index < -0.39 is 0 Å². The van der Waals surface area contributed by atoms with E-state index in [1.54, 1.807) is 4.57 Å². The lowest BCUT2D eigenvalue weighted by atomic mass is 10.0. The molecule has 1 aromatic heterocycles. The van der Waals surface area contributed by atoms with Crippen LogP contribution in [-0.4, -0.2) is 46.3 Å². The Hall–Kier alpha value is -2.54. The SMILES string of the molecule is C[C@H](N)c1nc2cccc(CCCN3CCOC(C)(C)C3)c2c(=O)n1-c1ccccc1. The molecule has 0 aliphatic carbocycles. The maximum absolute atomic E-state index is 13.7. The van der Waals surface area contributed by atoms with Crippen molar-refractivity contribution in [2.24, 2.45) is 5.73 Å². The molecule has 1 saturated heterocycles. The van der Waals surface area contributed by atoms with Crippen molar-refractivity contribution in [1.29, 1.82) is 0 Å². The van der Waals surface area contributed by atoms with E-state index in [9.17, 15) is 4.79 Å². The number of para-hydroxylation sites is 1. The van der Waals surface area contributed by atoms with Gasteiger partial charge in [0.25, 0.3) is 5.56 Å². The number of hydrogen-bond donors (Lipinski definition) is 1. The summed E-state index contributed by atoms with van der Waals surface area (Å²) in [6.07, 6.45) is 1.81. The van der Waals surface area contributed by atoms with Gasteiger partial charge in [0.2, 0.25) is 0 Å². The zero-order chi connectivity index (χ0) is 22.0. The van der Waals surface area contributed by atoms with Gasteiger partial charge in [0.15, 0.2) is 0 Å². The van der Waals surface area contributed by atoms with Crippen LogP contribution in [0.2, 0.25) is 0 Å². The molecule has 6 nitrogen and oxygen atoms in total. The molecule has 0 bridgehead atoms. The van der Waals surface area contributed by atoms with Crippen LogP contribution >= 0.6 is 0 Å². The molecule has 2 N–H and O–H groups in total. The molecule has 31 heavy (non-hydrogen) atoms. The number of aryl methyl sites for hydroxylation is 1. The van der Waals surface area contributed by atoms with Crippen LogP contribution in [0.15, 0.2) is 53.3 Å². The number of ether oxygens (including phenoxy) is 1. The maximum atomic E-state index is 13.7. The van der Waals surface area contributed by atoms with Gasteiger partial charge in [-0.1, -0.05) is 30.3 Å². The highest BCUT2D eigenvalue weighted by Gasteiger charge is 2.26. The van der Waals surface area contributed by atoms with Gasteiger partial charge in [0.1, 0.15) is 5.82 Å². The molecule has 0 saturated carbocycles. The summed E-state index contributed by atoms with van der Waals surface area (Å²) in [5.74, 6) is 0.580. The predicted octanol–water partition coefficient (Wildman–Crippen LogP) is 3.45. The van der Waals surface area contributed by atoms with Crippen LogP contribution < -0.4 is 11.3 Å². The summed E-state index contributed by atoms with van der Waals surface area (Å²) in [4.78, 5) is 20.9. The fourth-order valence-corrected chi connectivity index (χ4v) is 4.45. The first-order valence-electron chi connectivity index (χ1n) is 11.1. The molecule has 1 aliphatic rings. The minimum Gasteiger partial charge on any atom is -0.373 e. The quantitative estimate of drug-likeness (QED) is 0.661. The third-order valence-electron chi connectivity index (χ3n) is 5.86. The van der Waals surface area contributed by atoms with Crippen molar-refractivity contribution in [3.8, 4) is 5.69 Å². The van der Waals surface area contributed by atoms with Crippen LogP contribution in [-0.2, 0) is 11.2 Å². The Bertz CT molecular complexity index is 1110. The second-order valence-corrected chi connectivity index (χ2v) is 9.03. The Morgan fingerprint density at radius 1 is 1.16 bits per heavy atom. The number of aromatic nitrogens is 2. The van der Waals surface area contributed by atoms with E-state index in [0.717, 1.165) is 55.9 Å². The molecule has 0 amide bonds. The molecule has 0 spiro atoms. The Labute approximate surface area is 183 Å². The summed E-state index contributed by atoms with van der Waals surface area (Å²) >= 11 is 0. The van der Waals surface area contributed by atoms with Crippen LogP contribution in [0.5, 0.6) is 0 Å². The number of rotatable bonds is 6. The minimum atomic E-state index is -0.356. The molecule has 3 aromatic rings. The van der Waals surface area contributed by atoms with Crippen molar-refractivity contribution in [2.75, 3.05) is 26.2 Å². The third kappa shape index (κ3) is 4.71. The zero-order valence-electron chi connectivity index (χ0n) is 18.7. The smallest absolute Gasteiger partial charge is 0.266 e. The van der Waals surface area contributed by atoms with Gasteiger partial charge in [0, 0.05) is 13.1 Å². The fourth-order valence-electron chi connectivity index (χ4n) is 4.45. The summed E-state index contributed by atoms with van der Waals surface area (Å²) in [6.45, 7) is 9.78. The first kappa shape index (κ1) is 21.7. The van der Waals surface area contributed by atoms with E-state index >= 15 is 0 Å². The van der Waals surface area contributed by atoms with Crippen molar-refractivity contribution >= 4 is 10.9 Å². The fraction of sp³-hybridized carbons (Fsp3) is 0.440. The van der Waals surface area contributed by atoms with Gasteiger partial charge in [0.05, 0.1) is 34.8 Å². The number of nitrogens with two attached hydrogens (primary N) is 1. The van der Waals surface area contributed by atoms with E-state index in [2.05, 4.69) is 24.8 Å². The minimum absolute atomic E-state index is 0.0494. The molecule has 2 aromatic carbocycles. The lowest BCUT2D eigenvalue weighted by molar-refractivity contribution is -0.0859. The molecule has 1 atom stereocenters. The second kappa shape index (κ2) is 8.91. The van der Waals surface area contributed by atoms with Crippen molar-refractivity contribution < 1.29 is 4.74 Å². The Kier molecular flexibility index (Phi) is 6.23. The van der Waals surface area contributed by atoms with Crippen LogP contribution in [0.1, 0.15) is 44.6 Å². The number of fused-ring (bicyclic) bond motifs is 1. The molecule has 1 aliphatic heterocycles. The van der Waals surface area contributed by atoms with Crippen LogP contribution in [0.3, 0.4) is 0 Å². The first-order chi connectivity index (χ1) is 14.9. The summed E-state index contributed by atoms with van der Waals surface area (Å²) in [5.41, 5.74) is 8.60. The van der Waals surface area contributed by atoms with Crippen LogP contribution in [0, 0.1) is 0 Å². The van der Waals surface area contributed by atoms with Crippen molar-refractivity contribution in [3.63, 3.8) is 0 Å². The van der Waals surface area contributed by atoms with E-state index in [-0.39, 0.29) is 17.2 Å². The highest BCUT2D eigenvalue weighted by Crippen LogP contribution is 2.21. The van der Waals surface area contributed by atoms with Crippen LogP contribution in [0.4, 0.5) is 0 Å². The Balaban J connectivity index is 1.66. The first-order valence-corrected chi connectivity index (χ1v) is 11.1. The van der Waals surface area contributed by atoms with Crippen molar-refractivity contribution in [3.05, 3.63) is 70.3 Å². The summed E-state index contributed by atoms with van der Waals surface area (Å²) in [7, 11) is 0. The molecule has 1 fully saturated rings. The molecule has 2 heterocycles. The van der Waals surface area contributed by atoms with Gasteiger partial charge in [-0.05, 0) is 63.9 Å². The lowest BCUT2D eigenvalue weighted by Gasteiger charge is -2.38. The van der Waals surface area contributed by atoms with Gasteiger partial charge >= 0.3 is 0 Å². The van der Waals surface area contributed by atoms with Gasteiger partial charge in [-0.15, -0.1) is 0 Å². The number of benzene rings is 2. The van der Waals surface area contributed by atoms with Gasteiger partial charge < -0.3 is 10.5 Å². The van der Waals surface area contributed by atoms with E-state index in [4.69, 9.17) is 15.5 Å². The predicted molar refractivity (Wildman–Crippen MR) is 125 cm³/mol. The third-order valence-corrected chi connectivity index (χ3v) is 5.86. The van der Waals surface area contributed by atoms with Crippen LogP contribution in [0.25, 0.3) is 16.6 Å². The highest BCUT2D eigenvalue weighted by atomic mass is 16.5. The summed E-state index contributed by atoms with van der Waals surface area (Å²) in [6, 6.07) is 15.2. The molecule has 6 heteroatoms. The number of hydrogen-bond acceptors (Lipinski definition) is 5. The van der Waals surface area contributed by atoms with E-state index in [1.165, 1.54) is 0 Å². The molecule has 4 rings (SSSR count). The monoisotopic (exact) mass is 420 g/mol. The zero-order valence-corrected chi connectivity index (χ0v) is 18.7. The molecular weight excluding hydrogens is 388 g/mol. The number of morpholine rings is 1. The molecule has 0 radical (unpaired) electrons. The Morgan fingerprint density at radius 2 is 1.94 bits per heavy atom. The molecular formula is C25H32N4O2. The lowest BCUT2D eigenvalue weighted by Crippen LogP contribution is -2.48. The molecule has 164 valence electrons. The summed E-state index contributed by atoms with van der Waals surface area (Å²) in [5, 5.41) is 0.693. The maximum Gasteiger partial charge on any atom is 0.266 e. The summed E-state index contributed by atoms with van der Waals surface area (Å²) < 4.78 is 7.48. The van der Waals surface area contributed by atoms with E-state index in [1.807, 2.05) is 49.4 Å². The normalized spacial score (nSPS) is 17.7. The van der Waals surface area contributed by atoms with Gasteiger partial charge in [-0.2, -0.15) is 0 Å². The van der Waals surface area contributed by atoms with Crippen molar-refractivity contribution in [1.82, 2.24) is 14.5 Å².